The minimum atomic E-state index is -0.420. The van der Waals surface area contributed by atoms with E-state index in [1.807, 2.05) is 6.92 Å². The molecule has 2 aromatic carbocycles. The summed E-state index contributed by atoms with van der Waals surface area (Å²) in [7, 11) is 1.79. The Kier molecular flexibility index (Phi) is 11.4. The molecule has 2 aromatic rings. The molecule has 0 radical (unpaired) electrons. The van der Waals surface area contributed by atoms with Crippen molar-refractivity contribution in [2.24, 2.45) is 5.92 Å². The molecule has 2 N–H and O–H groups in total. The number of carbonyl (C=O) groups is 2. The van der Waals surface area contributed by atoms with Crippen molar-refractivity contribution in [3.63, 3.8) is 0 Å². The zero-order chi connectivity index (χ0) is 27.5. The largest absolute Gasteiger partial charge is 0.343 e. The number of hydrogen-bond acceptors (Lipinski definition) is 4. The Morgan fingerprint density at radius 2 is 1.46 bits per heavy atom. The molecular weight excluding hydrogens is 484 g/mol. The molecule has 0 spiro atoms. The number of rotatable bonds is 13. The van der Waals surface area contributed by atoms with Crippen LogP contribution in [0.25, 0.3) is 0 Å². The molecule has 6 nitrogen and oxygen atoms in total. The van der Waals surface area contributed by atoms with Gasteiger partial charge in [0.1, 0.15) is 6.04 Å². The SMILES string of the molecule is CNC(C)C(=O)NC(C(=O)N1CCC[C@H]1CN(CCc1ccccc1)CCc1ccccc1)C1CCCCC1. The van der Waals surface area contributed by atoms with E-state index in [1.54, 1.807) is 7.05 Å². The first-order chi connectivity index (χ1) is 19.0. The van der Waals surface area contributed by atoms with Crippen LogP contribution in [0.15, 0.2) is 60.7 Å². The van der Waals surface area contributed by atoms with Crippen LogP contribution in [0.2, 0.25) is 0 Å². The minimum absolute atomic E-state index is 0.0791. The van der Waals surface area contributed by atoms with Crippen molar-refractivity contribution in [1.82, 2.24) is 20.4 Å². The van der Waals surface area contributed by atoms with E-state index in [-0.39, 0.29) is 29.8 Å². The van der Waals surface area contributed by atoms with E-state index in [4.69, 9.17) is 0 Å². The van der Waals surface area contributed by atoms with Gasteiger partial charge in [-0.3, -0.25) is 9.59 Å². The van der Waals surface area contributed by atoms with Gasteiger partial charge in [-0.05, 0) is 69.5 Å². The highest BCUT2D eigenvalue weighted by atomic mass is 16.2. The molecular formula is C33H48N4O2. The first-order valence-electron chi connectivity index (χ1n) is 15.1. The van der Waals surface area contributed by atoms with Crippen LogP contribution in [0.1, 0.15) is 63.0 Å². The Labute approximate surface area is 235 Å². The Bertz CT molecular complexity index is 965. The Hall–Kier alpha value is -2.70. The smallest absolute Gasteiger partial charge is 0.245 e. The number of carbonyl (C=O) groups excluding carboxylic acids is 2. The van der Waals surface area contributed by atoms with Crippen LogP contribution in [-0.4, -0.2) is 73.0 Å². The Morgan fingerprint density at radius 1 is 0.872 bits per heavy atom. The van der Waals surface area contributed by atoms with E-state index in [9.17, 15) is 9.59 Å². The van der Waals surface area contributed by atoms with Gasteiger partial charge in [0.25, 0.3) is 0 Å². The average molecular weight is 533 g/mol. The van der Waals surface area contributed by atoms with Gasteiger partial charge in [-0.15, -0.1) is 0 Å². The van der Waals surface area contributed by atoms with Gasteiger partial charge in [0, 0.05) is 32.2 Å². The number of amides is 2. The van der Waals surface area contributed by atoms with Gasteiger partial charge in [-0.25, -0.2) is 0 Å². The second-order valence-electron chi connectivity index (χ2n) is 11.5. The maximum absolute atomic E-state index is 14.1. The van der Waals surface area contributed by atoms with Gasteiger partial charge in [0.15, 0.2) is 0 Å². The van der Waals surface area contributed by atoms with E-state index in [0.29, 0.717) is 0 Å². The summed E-state index contributed by atoms with van der Waals surface area (Å²) in [5, 5.41) is 6.20. The number of hydrogen-bond donors (Lipinski definition) is 2. The van der Waals surface area contributed by atoms with Gasteiger partial charge in [-0.2, -0.15) is 0 Å². The molecule has 2 unspecified atom stereocenters. The average Bonchev–Trinajstić information content (AvgIpc) is 3.46. The maximum Gasteiger partial charge on any atom is 0.245 e. The van der Waals surface area contributed by atoms with Crippen LogP contribution in [-0.2, 0) is 22.4 Å². The highest BCUT2D eigenvalue weighted by molar-refractivity contribution is 5.90. The summed E-state index contributed by atoms with van der Waals surface area (Å²) in [6, 6.07) is 20.8. The second-order valence-corrected chi connectivity index (χ2v) is 11.5. The van der Waals surface area contributed by atoms with Crippen LogP contribution in [0.5, 0.6) is 0 Å². The standard InChI is InChI=1S/C33H48N4O2/c1-26(34-2)32(38)35-31(29-17-10-5-11-18-29)33(39)37-22-12-19-30(37)25-36(23-20-27-13-6-3-7-14-27)24-21-28-15-8-4-9-16-28/h3-4,6-9,13-16,26,29-31,34H,5,10-12,17-25H2,1-2H3,(H,35,38)/t26?,30-,31?/m0/s1. The van der Waals surface area contributed by atoms with Crippen molar-refractivity contribution in [1.29, 1.82) is 0 Å². The molecule has 2 aliphatic rings. The van der Waals surface area contributed by atoms with Crippen LogP contribution < -0.4 is 10.6 Å². The van der Waals surface area contributed by atoms with E-state index < -0.39 is 6.04 Å². The Morgan fingerprint density at radius 3 is 2.03 bits per heavy atom. The molecule has 1 aliphatic heterocycles. The molecule has 39 heavy (non-hydrogen) atoms. The van der Waals surface area contributed by atoms with Crippen molar-refractivity contribution in [3.8, 4) is 0 Å². The summed E-state index contributed by atoms with van der Waals surface area (Å²) in [5.74, 6) is 0.282. The third-order valence-corrected chi connectivity index (χ3v) is 8.76. The first kappa shape index (κ1) is 29.3. The molecule has 4 rings (SSSR count). The number of benzene rings is 2. The van der Waals surface area contributed by atoms with Crippen molar-refractivity contribution in [2.45, 2.75) is 82.8 Å². The van der Waals surface area contributed by atoms with Crippen molar-refractivity contribution < 1.29 is 9.59 Å². The normalized spacial score (nSPS) is 19.7. The molecule has 0 bridgehead atoms. The number of nitrogens with one attached hydrogen (secondary N) is 2. The van der Waals surface area contributed by atoms with E-state index in [0.717, 1.165) is 77.5 Å². The monoisotopic (exact) mass is 532 g/mol. The molecule has 1 heterocycles. The number of nitrogens with zero attached hydrogens (tertiary/aromatic N) is 2. The lowest BCUT2D eigenvalue weighted by Crippen LogP contribution is -2.57. The molecule has 3 atom stereocenters. The molecule has 2 amide bonds. The Balaban J connectivity index is 1.45. The predicted octanol–water partition coefficient (Wildman–Crippen LogP) is 4.44. The zero-order valence-corrected chi connectivity index (χ0v) is 24.0. The van der Waals surface area contributed by atoms with Crippen molar-refractivity contribution in [3.05, 3.63) is 71.8 Å². The summed E-state index contributed by atoms with van der Waals surface area (Å²) < 4.78 is 0. The molecule has 1 saturated heterocycles. The zero-order valence-electron chi connectivity index (χ0n) is 24.0. The van der Waals surface area contributed by atoms with Crippen LogP contribution in [0, 0.1) is 5.92 Å². The van der Waals surface area contributed by atoms with Crippen LogP contribution >= 0.6 is 0 Å². The summed E-state index contributed by atoms with van der Waals surface area (Å²) in [4.78, 5) is 31.7. The fourth-order valence-electron chi connectivity index (χ4n) is 6.21. The summed E-state index contributed by atoms with van der Waals surface area (Å²) in [5.41, 5.74) is 2.69. The van der Waals surface area contributed by atoms with Gasteiger partial charge in [0.05, 0.1) is 6.04 Å². The van der Waals surface area contributed by atoms with Gasteiger partial charge in [-0.1, -0.05) is 79.9 Å². The van der Waals surface area contributed by atoms with E-state index in [1.165, 1.54) is 17.5 Å². The molecule has 1 aliphatic carbocycles. The predicted molar refractivity (Wildman–Crippen MR) is 158 cm³/mol. The topological polar surface area (TPSA) is 64.7 Å². The molecule has 6 heteroatoms. The van der Waals surface area contributed by atoms with Gasteiger partial charge in [0.2, 0.25) is 11.8 Å². The lowest BCUT2D eigenvalue weighted by molar-refractivity contribution is -0.139. The maximum atomic E-state index is 14.1. The fourth-order valence-corrected chi connectivity index (χ4v) is 6.21. The number of likely N-dealkylation sites (tertiary alicyclic amines) is 1. The van der Waals surface area contributed by atoms with E-state index in [2.05, 4.69) is 81.1 Å². The fraction of sp³-hybridized carbons (Fsp3) is 0.576. The lowest BCUT2D eigenvalue weighted by atomic mass is 9.83. The van der Waals surface area contributed by atoms with Crippen LogP contribution in [0.3, 0.4) is 0 Å². The molecule has 212 valence electrons. The van der Waals surface area contributed by atoms with Crippen molar-refractivity contribution >= 4 is 11.8 Å². The quantitative estimate of drug-likeness (QED) is 0.400. The van der Waals surface area contributed by atoms with E-state index >= 15 is 0 Å². The molecule has 1 saturated carbocycles. The summed E-state index contributed by atoms with van der Waals surface area (Å²) >= 11 is 0. The lowest BCUT2D eigenvalue weighted by Gasteiger charge is -2.37. The number of likely N-dealkylation sites (N-methyl/N-ethyl adjacent to an activating group) is 1. The highest BCUT2D eigenvalue weighted by Crippen LogP contribution is 2.29. The van der Waals surface area contributed by atoms with Gasteiger partial charge >= 0.3 is 0 Å². The third kappa shape index (κ3) is 8.64. The first-order valence-corrected chi connectivity index (χ1v) is 15.1. The van der Waals surface area contributed by atoms with Crippen molar-refractivity contribution in [2.75, 3.05) is 33.2 Å². The third-order valence-electron chi connectivity index (χ3n) is 8.76. The second kappa shape index (κ2) is 15.2. The minimum Gasteiger partial charge on any atom is -0.343 e. The molecule has 0 aromatic heterocycles. The highest BCUT2D eigenvalue weighted by Gasteiger charge is 2.39. The molecule has 2 fully saturated rings. The van der Waals surface area contributed by atoms with Crippen LogP contribution in [0.4, 0.5) is 0 Å². The van der Waals surface area contributed by atoms with Gasteiger partial charge < -0.3 is 20.4 Å². The summed E-state index contributed by atoms with van der Waals surface area (Å²) in [6.45, 7) is 5.46. The summed E-state index contributed by atoms with van der Waals surface area (Å²) in [6.07, 6.45) is 9.59.